The van der Waals surface area contributed by atoms with E-state index in [0.29, 0.717) is 0 Å². The number of ether oxygens (including phenoxy) is 1. The minimum atomic E-state index is 0. The lowest BCUT2D eigenvalue weighted by atomic mass is 10.3. The summed E-state index contributed by atoms with van der Waals surface area (Å²) in [7, 11) is 0. The average molecular weight is 248 g/mol. The fourth-order valence-corrected chi connectivity index (χ4v) is 1.38. The van der Waals surface area contributed by atoms with E-state index in [4.69, 9.17) is 16.3 Å². The second-order valence-corrected chi connectivity index (χ2v) is 3.97. The third-order valence-electron chi connectivity index (χ3n) is 2.19. The maximum Gasteiger partial charge on any atom is 0.119 e. The predicted molar refractivity (Wildman–Crippen MR) is 65.2 cm³/mol. The van der Waals surface area contributed by atoms with Gasteiger partial charge in [0.2, 0.25) is 0 Å². The Morgan fingerprint density at radius 1 is 1.27 bits per heavy atom. The minimum Gasteiger partial charge on any atom is -0.492 e. The zero-order valence-corrected chi connectivity index (χ0v) is 9.98. The molecule has 84 valence electrons. The number of rotatable bonds is 5. The van der Waals surface area contributed by atoms with Gasteiger partial charge in [-0.1, -0.05) is 11.6 Å². The maximum absolute atomic E-state index is 5.75. The molecule has 0 heterocycles. The zero-order valence-electron chi connectivity index (χ0n) is 8.41. The molecule has 1 aromatic carbocycles. The summed E-state index contributed by atoms with van der Waals surface area (Å²) in [6.45, 7) is 1.64. The lowest BCUT2D eigenvalue weighted by molar-refractivity contribution is 0.313. The highest BCUT2D eigenvalue weighted by Gasteiger charge is 2.19. The van der Waals surface area contributed by atoms with E-state index in [-0.39, 0.29) is 12.4 Å². The summed E-state index contributed by atoms with van der Waals surface area (Å²) in [5, 5.41) is 4.13. The third-order valence-corrected chi connectivity index (χ3v) is 2.45. The average Bonchev–Trinajstić information content (AvgIpc) is 2.99. The molecule has 0 saturated heterocycles. The molecule has 0 aromatic heterocycles. The Morgan fingerprint density at radius 2 is 1.93 bits per heavy atom. The second-order valence-electron chi connectivity index (χ2n) is 3.53. The molecule has 0 atom stereocenters. The van der Waals surface area contributed by atoms with Crippen LogP contribution in [0.15, 0.2) is 24.3 Å². The van der Waals surface area contributed by atoms with Crippen molar-refractivity contribution in [1.29, 1.82) is 0 Å². The molecule has 2 rings (SSSR count). The summed E-state index contributed by atoms with van der Waals surface area (Å²) < 4.78 is 5.52. The summed E-state index contributed by atoms with van der Waals surface area (Å²) in [5.74, 6) is 0.881. The van der Waals surface area contributed by atoms with Crippen LogP contribution in [0.4, 0.5) is 0 Å². The van der Waals surface area contributed by atoms with Gasteiger partial charge in [-0.05, 0) is 37.1 Å². The highest BCUT2D eigenvalue weighted by atomic mass is 35.5. The first-order valence-corrected chi connectivity index (χ1v) is 5.34. The number of hydrogen-bond acceptors (Lipinski definition) is 2. The van der Waals surface area contributed by atoms with Crippen LogP contribution in [0.1, 0.15) is 12.8 Å². The van der Waals surface area contributed by atoms with Crippen LogP contribution < -0.4 is 10.1 Å². The van der Waals surface area contributed by atoms with E-state index in [9.17, 15) is 0 Å². The summed E-state index contributed by atoms with van der Waals surface area (Å²) in [6.07, 6.45) is 2.64. The highest BCUT2D eigenvalue weighted by molar-refractivity contribution is 6.30. The molecule has 15 heavy (non-hydrogen) atoms. The molecule has 0 radical (unpaired) electrons. The topological polar surface area (TPSA) is 21.3 Å². The monoisotopic (exact) mass is 247 g/mol. The van der Waals surface area contributed by atoms with Crippen molar-refractivity contribution in [3.63, 3.8) is 0 Å². The van der Waals surface area contributed by atoms with Crippen LogP contribution in [-0.2, 0) is 0 Å². The van der Waals surface area contributed by atoms with Crippen LogP contribution in [0.5, 0.6) is 5.75 Å². The molecule has 0 spiro atoms. The fraction of sp³-hybridized carbons (Fsp3) is 0.455. The zero-order chi connectivity index (χ0) is 9.80. The molecular weight excluding hydrogens is 233 g/mol. The minimum absolute atomic E-state index is 0. The van der Waals surface area contributed by atoms with Gasteiger partial charge in [0.1, 0.15) is 12.4 Å². The largest absolute Gasteiger partial charge is 0.492 e. The number of benzene rings is 1. The van der Waals surface area contributed by atoms with Gasteiger partial charge in [-0.15, -0.1) is 12.4 Å². The Hall–Kier alpha value is -0.440. The van der Waals surface area contributed by atoms with Crippen molar-refractivity contribution >= 4 is 24.0 Å². The van der Waals surface area contributed by atoms with Gasteiger partial charge in [0.15, 0.2) is 0 Å². The smallest absolute Gasteiger partial charge is 0.119 e. The molecule has 2 nitrogen and oxygen atoms in total. The van der Waals surface area contributed by atoms with Crippen molar-refractivity contribution in [2.24, 2.45) is 0 Å². The first-order chi connectivity index (χ1) is 6.84. The quantitative estimate of drug-likeness (QED) is 0.809. The van der Waals surface area contributed by atoms with E-state index in [2.05, 4.69) is 5.32 Å². The number of nitrogens with one attached hydrogen (secondary N) is 1. The Labute approximate surface area is 101 Å². The maximum atomic E-state index is 5.75. The SMILES string of the molecule is Cl.Clc1ccc(OCCNC2CC2)cc1. The van der Waals surface area contributed by atoms with Gasteiger partial charge in [-0.3, -0.25) is 0 Å². The van der Waals surface area contributed by atoms with Crippen molar-refractivity contribution in [3.05, 3.63) is 29.3 Å². The van der Waals surface area contributed by atoms with Gasteiger partial charge in [0.05, 0.1) is 0 Å². The Kier molecular flexibility index (Phi) is 5.23. The molecule has 1 saturated carbocycles. The van der Waals surface area contributed by atoms with Crippen molar-refractivity contribution in [2.75, 3.05) is 13.2 Å². The molecule has 0 amide bonds. The van der Waals surface area contributed by atoms with Crippen LogP contribution in [0.2, 0.25) is 5.02 Å². The lowest BCUT2D eigenvalue weighted by Gasteiger charge is -2.06. The van der Waals surface area contributed by atoms with E-state index in [0.717, 1.165) is 30.0 Å². The predicted octanol–water partition coefficient (Wildman–Crippen LogP) is 2.89. The van der Waals surface area contributed by atoms with E-state index in [1.54, 1.807) is 0 Å². The molecule has 1 aromatic rings. The first kappa shape index (κ1) is 12.6. The summed E-state index contributed by atoms with van der Waals surface area (Å²) in [4.78, 5) is 0. The number of hydrogen-bond donors (Lipinski definition) is 1. The van der Waals surface area contributed by atoms with Crippen molar-refractivity contribution < 1.29 is 4.74 Å². The van der Waals surface area contributed by atoms with E-state index in [1.165, 1.54) is 12.8 Å². The van der Waals surface area contributed by atoms with Gasteiger partial charge < -0.3 is 10.1 Å². The van der Waals surface area contributed by atoms with E-state index >= 15 is 0 Å². The summed E-state index contributed by atoms with van der Waals surface area (Å²) in [6, 6.07) is 8.21. The molecule has 1 aliphatic carbocycles. The molecular formula is C11H15Cl2NO. The molecule has 1 aliphatic rings. The Morgan fingerprint density at radius 3 is 2.53 bits per heavy atom. The fourth-order valence-electron chi connectivity index (χ4n) is 1.25. The van der Waals surface area contributed by atoms with Crippen LogP contribution in [0.25, 0.3) is 0 Å². The normalized spacial score (nSPS) is 14.5. The van der Waals surface area contributed by atoms with Gasteiger partial charge >= 0.3 is 0 Å². The van der Waals surface area contributed by atoms with E-state index in [1.807, 2.05) is 24.3 Å². The van der Waals surface area contributed by atoms with Gasteiger partial charge in [0, 0.05) is 17.6 Å². The van der Waals surface area contributed by atoms with Crippen LogP contribution in [0.3, 0.4) is 0 Å². The Balaban J connectivity index is 0.00000112. The molecule has 4 heteroatoms. The lowest BCUT2D eigenvalue weighted by Crippen LogP contribution is -2.22. The summed E-state index contributed by atoms with van der Waals surface area (Å²) >= 11 is 5.75. The molecule has 0 bridgehead atoms. The van der Waals surface area contributed by atoms with Crippen LogP contribution in [-0.4, -0.2) is 19.2 Å². The third kappa shape index (κ3) is 4.74. The van der Waals surface area contributed by atoms with E-state index < -0.39 is 0 Å². The van der Waals surface area contributed by atoms with Gasteiger partial charge in [-0.25, -0.2) is 0 Å². The number of halogens is 2. The molecule has 1 N–H and O–H groups in total. The van der Waals surface area contributed by atoms with Gasteiger partial charge in [-0.2, -0.15) is 0 Å². The first-order valence-electron chi connectivity index (χ1n) is 4.96. The van der Waals surface area contributed by atoms with Crippen LogP contribution >= 0.6 is 24.0 Å². The molecule has 0 aliphatic heterocycles. The second kappa shape index (κ2) is 6.21. The molecule has 0 unspecified atom stereocenters. The van der Waals surface area contributed by atoms with Crippen molar-refractivity contribution in [1.82, 2.24) is 5.32 Å². The Bertz CT molecular complexity index is 285. The van der Waals surface area contributed by atoms with Crippen LogP contribution in [0, 0.1) is 0 Å². The van der Waals surface area contributed by atoms with Crippen molar-refractivity contribution in [2.45, 2.75) is 18.9 Å². The highest BCUT2D eigenvalue weighted by Crippen LogP contribution is 2.18. The molecule has 1 fully saturated rings. The standard InChI is InChI=1S/C11H14ClNO.ClH/c12-9-1-5-11(6-2-9)14-8-7-13-10-3-4-10;/h1-2,5-6,10,13H,3-4,7-8H2;1H. The van der Waals surface area contributed by atoms with Crippen molar-refractivity contribution in [3.8, 4) is 5.75 Å². The van der Waals surface area contributed by atoms with Gasteiger partial charge in [0.25, 0.3) is 0 Å². The summed E-state index contributed by atoms with van der Waals surface area (Å²) in [5.41, 5.74) is 0.